The monoisotopic (exact) mass is 531 g/mol. The van der Waals surface area contributed by atoms with Crippen molar-refractivity contribution >= 4 is 28.2 Å². The molecule has 0 radical (unpaired) electrons. The molecule has 0 unspecified atom stereocenters. The quantitative estimate of drug-likeness (QED) is 0.251. The van der Waals surface area contributed by atoms with Gasteiger partial charge in [0, 0.05) is 39.8 Å². The first-order valence-corrected chi connectivity index (χ1v) is 14.2. The second kappa shape index (κ2) is 8.97. The second-order valence-corrected chi connectivity index (χ2v) is 11.1. The van der Waals surface area contributed by atoms with Gasteiger partial charge in [0.05, 0.1) is 17.9 Å². The summed E-state index contributed by atoms with van der Waals surface area (Å²) in [4.78, 5) is 17.0. The predicted molar refractivity (Wildman–Crippen MR) is 166 cm³/mol. The Morgan fingerprint density at radius 3 is 2.22 bits per heavy atom. The lowest BCUT2D eigenvalue weighted by Gasteiger charge is -2.37. The van der Waals surface area contributed by atoms with E-state index in [0.29, 0.717) is 13.1 Å². The fourth-order valence-electron chi connectivity index (χ4n) is 6.80. The number of hydrogen-bond donors (Lipinski definition) is 1. The first-order valence-electron chi connectivity index (χ1n) is 14.2. The minimum Gasteiger partial charge on any atom is -0.363 e. The molecular formula is C37H29N3O. The molecule has 1 atom stereocenters. The molecule has 3 heterocycles. The van der Waals surface area contributed by atoms with E-state index in [9.17, 15) is 0 Å². The summed E-state index contributed by atoms with van der Waals surface area (Å²) in [5, 5.41) is 4.92. The number of nitrogens with one attached hydrogen (secondary N) is 1. The van der Waals surface area contributed by atoms with Crippen LogP contribution in [0, 0.1) is 6.92 Å². The molecule has 1 spiro atoms. The number of carbonyl (C=O) groups excluding carboxylic acids is 1. The lowest BCUT2D eigenvalue weighted by atomic mass is 9.77. The average Bonchev–Trinajstić information content (AvgIpc) is 3.46. The Labute approximate surface area is 239 Å². The largest absolute Gasteiger partial charge is 0.363 e. The van der Waals surface area contributed by atoms with Crippen molar-refractivity contribution in [1.82, 2.24) is 4.57 Å². The van der Waals surface area contributed by atoms with E-state index >= 15 is 4.79 Å². The van der Waals surface area contributed by atoms with Gasteiger partial charge in [-0.1, -0.05) is 115 Å². The molecule has 6 aromatic rings. The number of benzene rings is 5. The third kappa shape index (κ3) is 3.44. The maximum atomic E-state index is 15.0. The molecule has 0 aliphatic carbocycles. The first-order chi connectivity index (χ1) is 20.1. The molecule has 0 fully saturated rings. The van der Waals surface area contributed by atoms with Crippen molar-refractivity contribution in [3.05, 3.63) is 155 Å². The van der Waals surface area contributed by atoms with Crippen LogP contribution >= 0.6 is 0 Å². The number of nitrogens with zero attached hydrogens (tertiary/aromatic N) is 2. The first kappa shape index (κ1) is 23.8. The van der Waals surface area contributed by atoms with Crippen LogP contribution in [-0.2, 0) is 23.4 Å². The maximum absolute atomic E-state index is 15.0. The van der Waals surface area contributed by atoms with Crippen LogP contribution < -0.4 is 10.2 Å². The van der Waals surface area contributed by atoms with E-state index in [4.69, 9.17) is 0 Å². The highest BCUT2D eigenvalue weighted by Crippen LogP contribution is 2.56. The van der Waals surface area contributed by atoms with Gasteiger partial charge in [0.1, 0.15) is 0 Å². The van der Waals surface area contributed by atoms with Gasteiger partial charge in [-0.15, -0.1) is 0 Å². The summed E-state index contributed by atoms with van der Waals surface area (Å²) in [7, 11) is 0. The van der Waals surface area contributed by atoms with Crippen molar-refractivity contribution in [3.63, 3.8) is 0 Å². The van der Waals surface area contributed by atoms with Crippen molar-refractivity contribution in [2.45, 2.75) is 25.6 Å². The number of aromatic nitrogens is 1. The van der Waals surface area contributed by atoms with Gasteiger partial charge >= 0.3 is 0 Å². The number of fused-ring (bicyclic) bond motifs is 8. The molecule has 2 aliphatic heterocycles. The summed E-state index contributed by atoms with van der Waals surface area (Å²) in [5.41, 5.74) is 9.79. The Hall–Kier alpha value is -5.09. The lowest BCUT2D eigenvalue weighted by molar-refractivity contribution is -0.121. The van der Waals surface area contributed by atoms with Crippen molar-refractivity contribution in [3.8, 4) is 11.3 Å². The highest BCUT2D eigenvalue weighted by molar-refractivity contribution is 6.17. The predicted octanol–water partition coefficient (Wildman–Crippen LogP) is 7.88. The highest BCUT2D eigenvalue weighted by Gasteiger charge is 2.56. The number of hydrogen-bond acceptors (Lipinski definition) is 2. The zero-order chi connectivity index (χ0) is 27.6. The van der Waals surface area contributed by atoms with Gasteiger partial charge in [0.2, 0.25) is 0 Å². The number of para-hydroxylation sites is 3. The number of rotatable bonds is 4. The zero-order valence-corrected chi connectivity index (χ0v) is 22.8. The Morgan fingerprint density at radius 2 is 1.37 bits per heavy atom. The summed E-state index contributed by atoms with van der Waals surface area (Å²) in [6.45, 7) is 3.31. The van der Waals surface area contributed by atoms with Gasteiger partial charge in [0.15, 0.2) is 5.54 Å². The summed E-state index contributed by atoms with van der Waals surface area (Å²) in [5.74, 6) is 0.0534. The molecule has 198 valence electrons. The van der Waals surface area contributed by atoms with Crippen LogP contribution in [-0.4, -0.2) is 10.5 Å². The van der Waals surface area contributed by atoms with E-state index in [1.54, 1.807) is 0 Å². The summed E-state index contributed by atoms with van der Waals surface area (Å²) < 4.78 is 2.40. The van der Waals surface area contributed by atoms with Gasteiger partial charge in [-0.2, -0.15) is 0 Å². The Balaban J connectivity index is 1.41. The van der Waals surface area contributed by atoms with Crippen LogP contribution in [0.25, 0.3) is 22.2 Å². The van der Waals surface area contributed by atoms with E-state index < -0.39 is 5.54 Å². The molecule has 41 heavy (non-hydrogen) atoms. The van der Waals surface area contributed by atoms with Gasteiger partial charge in [-0.05, 0) is 36.2 Å². The van der Waals surface area contributed by atoms with Crippen LogP contribution in [0.5, 0.6) is 0 Å². The third-order valence-electron chi connectivity index (χ3n) is 8.66. The van der Waals surface area contributed by atoms with Crippen LogP contribution in [0.4, 0.5) is 11.4 Å². The Kier molecular flexibility index (Phi) is 5.20. The maximum Gasteiger partial charge on any atom is 0.262 e. The average molecular weight is 532 g/mol. The normalized spacial score (nSPS) is 16.9. The molecule has 5 aromatic carbocycles. The molecule has 1 amide bonds. The molecule has 0 bridgehead atoms. The molecule has 4 heteroatoms. The molecule has 4 nitrogen and oxygen atoms in total. The highest BCUT2D eigenvalue weighted by atomic mass is 16.2. The second-order valence-electron chi connectivity index (χ2n) is 11.1. The number of anilines is 2. The van der Waals surface area contributed by atoms with Crippen molar-refractivity contribution in [2.24, 2.45) is 0 Å². The van der Waals surface area contributed by atoms with Gasteiger partial charge in [0.25, 0.3) is 5.91 Å². The van der Waals surface area contributed by atoms with Crippen LogP contribution in [0.15, 0.2) is 127 Å². The third-order valence-corrected chi connectivity index (χ3v) is 8.66. The summed E-state index contributed by atoms with van der Waals surface area (Å²) in [6.07, 6.45) is 0. The topological polar surface area (TPSA) is 37.3 Å². The van der Waals surface area contributed by atoms with Crippen molar-refractivity contribution in [2.75, 3.05) is 10.2 Å². The molecule has 2 aliphatic rings. The van der Waals surface area contributed by atoms with Crippen LogP contribution in [0.2, 0.25) is 0 Å². The standard InChI is InChI=1S/C37H29N3O/c1-25-19-21-27(22-20-25)24-40-33-18-10-7-15-30(33)37(36(40)41)34-29-14-6-9-17-32(29)39(23-26-11-3-2-4-12-26)35(34)28-13-5-8-16-31(28)38-37/h2-22,38H,23-24H2,1H3/t37-/m1/s1. The van der Waals surface area contributed by atoms with Crippen LogP contribution in [0.1, 0.15) is 27.8 Å². The van der Waals surface area contributed by atoms with Gasteiger partial charge in [-0.25, -0.2) is 0 Å². The van der Waals surface area contributed by atoms with Crippen LogP contribution in [0.3, 0.4) is 0 Å². The molecule has 1 N–H and O–H groups in total. The minimum absolute atomic E-state index is 0.0534. The SMILES string of the molecule is Cc1ccc(CN2C(=O)[C@@]3(Nc4ccccc4-c4c3c3ccccc3n4Cc3ccccc3)c3ccccc32)cc1. The fraction of sp³-hybridized carbons (Fsp3) is 0.108. The Bertz CT molecular complexity index is 1950. The summed E-state index contributed by atoms with van der Waals surface area (Å²) in [6, 6.07) is 44.3. The smallest absolute Gasteiger partial charge is 0.262 e. The van der Waals surface area contributed by atoms with E-state index in [0.717, 1.165) is 50.2 Å². The van der Waals surface area contributed by atoms with Crippen molar-refractivity contribution in [1.29, 1.82) is 0 Å². The summed E-state index contributed by atoms with van der Waals surface area (Å²) >= 11 is 0. The van der Waals surface area contributed by atoms with E-state index in [1.165, 1.54) is 11.1 Å². The molecule has 8 rings (SSSR count). The van der Waals surface area contributed by atoms with E-state index in [2.05, 4.69) is 126 Å². The minimum atomic E-state index is -1.05. The fourth-order valence-corrected chi connectivity index (χ4v) is 6.80. The van der Waals surface area contributed by atoms with Gasteiger partial charge in [-0.3, -0.25) is 4.79 Å². The molecular weight excluding hydrogens is 502 g/mol. The zero-order valence-electron chi connectivity index (χ0n) is 22.8. The van der Waals surface area contributed by atoms with E-state index in [1.807, 2.05) is 23.1 Å². The van der Waals surface area contributed by atoms with Gasteiger partial charge < -0.3 is 14.8 Å². The lowest BCUT2D eigenvalue weighted by Crippen LogP contribution is -2.48. The van der Waals surface area contributed by atoms with Crippen molar-refractivity contribution < 1.29 is 4.79 Å². The Morgan fingerprint density at radius 1 is 0.683 bits per heavy atom. The molecule has 0 saturated carbocycles. The molecule has 1 aromatic heterocycles. The number of aryl methyl sites for hydroxylation is 1. The number of carbonyl (C=O) groups is 1. The number of amides is 1. The molecule has 0 saturated heterocycles. The van der Waals surface area contributed by atoms with E-state index in [-0.39, 0.29) is 5.91 Å².